The molecule has 0 radical (unpaired) electrons. The number of aliphatic hydroxyl groups is 2. The number of hydrogen-bond donors (Lipinski definition) is 2. The molecule has 0 saturated heterocycles. The molecule has 20 heteroatoms. The summed E-state index contributed by atoms with van der Waals surface area (Å²) in [6.07, 6.45) is 15.7. The van der Waals surface area contributed by atoms with Crippen LogP contribution in [0.15, 0.2) is 60.7 Å². The maximum atomic E-state index is 12.6. The van der Waals surface area contributed by atoms with Crippen LogP contribution in [0.4, 0.5) is 0 Å². The van der Waals surface area contributed by atoms with Crippen molar-refractivity contribution >= 4 is 65.1 Å². The number of alkyl halides is 1. The van der Waals surface area contributed by atoms with Gasteiger partial charge in [-0.15, -0.1) is 0 Å². The number of rotatable bonds is 21. The summed E-state index contributed by atoms with van der Waals surface area (Å²) in [6.45, 7) is 6.89. The van der Waals surface area contributed by atoms with Crippen LogP contribution in [0.1, 0.15) is 160 Å². The van der Waals surface area contributed by atoms with Crippen molar-refractivity contribution in [1.82, 2.24) is 0 Å². The van der Waals surface area contributed by atoms with Crippen LogP contribution in [0.5, 0.6) is 0 Å². The quantitative estimate of drug-likeness (QED) is 0.116. The predicted molar refractivity (Wildman–Crippen MR) is 284 cm³/mol. The molecule has 0 heterocycles. The molecule has 14 nitrogen and oxygen atoms in total. The Labute approximate surface area is 438 Å². The molecule has 0 aliphatic heterocycles. The summed E-state index contributed by atoms with van der Waals surface area (Å²) < 4.78 is 127. The maximum Gasteiger partial charge on any atom is 0.163 e. The van der Waals surface area contributed by atoms with E-state index in [9.17, 15) is 42.1 Å². The molecule has 2 aromatic rings. The fourth-order valence-electron chi connectivity index (χ4n) is 9.44. The first kappa shape index (κ1) is 56.7. The fourth-order valence-corrected chi connectivity index (χ4v) is 23.1. The molecule has 406 valence electrons. The summed E-state index contributed by atoms with van der Waals surface area (Å²) in [5, 5.41) is 18.3. The lowest BCUT2D eigenvalue weighted by molar-refractivity contribution is 0.116. The average Bonchev–Trinajstić information content (AvgIpc) is 4.17. The molecule has 10 aliphatic carbocycles. The first-order chi connectivity index (χ1) is 33.7. The molecule has 10 aliphatic rings. The van der Waals surface area contributed by atoms with Crippen LogP contribution < -0.4 is 0 Å². The molecular formula is C52H77BrO14S5. The van der Waals surface area contributed by atoms with Crippen molar-refractivity contribution in [2.24, 2.45) is 0 Å². The van der Waals surface area contributed by atoms with Crippen molar-refractivity contribution in [3.63, 3.8) is 0 Å². The van der Waals surface area contributed by atoms with E-state index < -0.39 is 77.7 Å². The summed E-state index contributed by atoms with van der Waals surface area (Å²) >= 11 is 3.31. The standard InChI is InChI=1S/C15H20O3S.C14H18O3S.C8H13BrO2S.C8H14O3S.C7H12O3S/c1-14(7-8-14)19(16,17)15(9-10-15)12-18-11-13-5-3-2-4-6-13;15-18(16,13-6-7-13)14(8-9-14)11-17-10-12-4-2-1-3-5-12;2*1-7(2-3-7)12(10,11)8(6-9)4-5-8;8-5-7(3-4-7)11(9,10)6-1-2-6/h2-6H,7-12H2,1H3;1-5,13H,6-11H2;2-6H2,1H3;9H,2-6H2,1H3;6,8H,1-5H2. The van der Waals surface area contributed by atoms with Gasteiger partial charge in [0, 0.05) is 5.33 Å². The van der Waals surface area contributed by atoms with Crippen LogP contribution in [-0.4, -0.2) is 133 Å². The zero-order valence-corrected chi connectivity index (χ0v) is 47.9. The van der Waals surface area contributed by atoms with Gasteiger partial charge in [-0.3, -0.25) is 0 Å². The predicted octanol–water partition coefficient (Wildman–Crippen LogP) is 7.46. The summed E-state index contributed by atoms with van der Waals surface area (Å²) in [5.74, 6) is 0. The van der Waals surface area contributed by atoms with Gasteiger partial charge in [0.1, 0.15) is 0 Å². The monoisotopic (exact) mass is 1160 g/mol. The van der Waals surface area contributed by atoms with Crippen LogP contribution in [-0.2, 0) is 71.9 Å². The Balaban J connectivity index is 0.000000123. The topological polar surface area (TPSA) is 230 Å². The third kappa shape index (κ3) is 11.1. The smallest absolute Gasteiger partial charge is 0.163 e. The minimum atomic E-state index is -3.05. The van der Waals surface area contributed by atoms with E-state index in [1.165, 1.54) is 0 Å². The number of hydrogen-bond acceptors (Lipinski definition) is 14. The lowest BCUT2D eigenvalue weighted by atomic mass is 10.2. The van der Waals surface area contributed by atoms with Crippen LogP contribution in [0.25, 0.3) is 0 Å². The van der Waals surface area contributed by atoms with Crippen molar-refractivity contribution in [3.05, 3.63) is 71.8 Å². The highest BCUT2D eigenvalue weighted by molar-refractivity contribution is 9.09. The maximum absolute atomic E-state index is 12.6. The molecule has 0 unspecified atom stereocenters. The van der Waals surface area contributed by atoms with Crippen molar-refractivity contribution in [1.29, 1.82) is 0 Å². The van der Waals surface area contributed by atoms with Crippen molar-refractivity contribution in [3.8, 4) is 0 Å². The Hall–Kier alpha value is -1.49. The molecule has 2 N–H and O–H groups in total. The second kappa shape index (κ2) is 20.1. The highest BCUT2D eigenvalue weighted by Crippen LogP contribution is 2.59. The molecule has 10 saturated carbocycles. The zero-order valence-electron chi connectivity index (χ0n) is 42.2. The fraction of sp³-hybridized carbons (Fsp3) is 0.769. The first-order valence-corrected chi connectivity index (χ1v) is 34.6. The first-order valence-electron chi connectivity index (χ1n) is 25.9. The second-order valence-electron chi connectivity index (χ2n) is 23.7. The van der Waals surface area contributed by atoms with Crippen LogP contribution in [0, 0.1) is 0 Å². The van der Waals surface area contributed by atoms with Gasteiger partial charge in [0.15, 0.2) is 49.2 Å². The van der Waals surface area contributed by atoms with Gasteiger partial charge in [0.25, 0.3) is 0 Å². The lowest BCUT2D eigenvalue weighted by Gasteiger charge is -2.21. The van der Waals surface area contributed by atoms with Gasteiger partial charge in [0.05, 0.1) is 88.1 Å². The third-order valence-corrected chi connectivity index (χ3v) is 35.2. The van der Waals surface area contributed by atoms with Gasteiger partial charge in [-0.1, -0.05) is 76.6 Å². The summed E-state index contributed by atoms with van der Waals surface area (Å²) in [7, 11) is -14.8. The van der Waals surface area contributed by atoms with E-state index in [2.05, 4.69) is 15.9 Å². The van der Waals surface area contributed by atoms with Gasteiger partial charge < -0.3 is 19.7 Å². The molecule has 0 spiro atoms. The van der Waals surface area contributed by atoms with E-state index in [0.29, 0.717) is 57.4 Å². The number of ether oxygens (including phenoxy) is 2. The lowest BCUT2D eigenvalue weighted by Crippen LogP contribution is -2.37. The van der Waals surface area contributed by atoms with E-state index in [1.54, 1.807) is 6.92 Å². The Morgan fingerprint density at radius 3 is 1.00 bits per heavy atom. The van der Waals surface area contributed by atoms with Crippen LogP contribution in [0.3, 0.4) is 0 Å². The molecule has 10 fully saturated rings. The molecule has 0 amide bonds. The van der Waals surface area contributed by atoms with Gasteiger partial charge >= 0.3 is 0 Å². The molecule has 72 heavy (non-hydrogen) atoms. The van der Waals surface area contributed by atoms with Crippen LogP contribution >= 0.6 is 15.9 Å². The zero-order chi connectivity index (χ0) is 52.4. The Kier molecular flexibility index (Phi) is 15.8. The number of halogens is 1. The van der Waals surface area contributed by atoms with E-state index in [-0.39, 0.29) is 33.2 Å². The summed E-state index contributed by atoms with van der Waals surface area (Å²) in [5.41, 5.74) is 2.19. The molecule has 0 atom stereocenters. The van der Waals surface area contributed by atoms with Gasteiger partial charge in [-0.2, -0.15) is 0 Å². The molecule has 12 rings (SSSR count). The SMILES string of the molecule is CC1(S(=O)(=O)C2(CBr)CC2)CC1.CC1(S(=O)(=O)C2(CO)CC2)CC1.CC1(S(=O)(=O)C2(COCc3ccccc3)CC2)CC1.O=S(=O)(C1CC1)C1(CO)CC1.O=S(=O)(C1CC1)C1(COCc2ccccc2)CC1. The second-order valence-corrected chi connectivity index (χ2v) is 38.1. The molecular weight excluding hydrogens is 1090 g/mol. The van der Waals surface area contributed by atoms with Crippen molar-refractivity contribution < 1.29 is 61.8 Å². The molecule has 0 bridgehead atoms. The van der Waals surface area contributed by atoms with E-state index in [4.69, 9.17) is 19.7 Å². The molecule has 0 aromatic heterocycles. The van der Waals surface area contributed by atoms with E-state index in [0.717, 1.165) is 114 Å². The number of aliphatic hydroxyl groups excluding tert-OH is 2. The number of benzene rings is 2. The van der Waals surface area contributed by atoms with Gasteiger partial charge in [-0.25, -0.2) is 42.1 Å². The minimum absolute atomic E-state index is 0.0691. The third-order valence-electron chi connectivity index (χ3n) is 17.5. The largest absolute Gasteiger partial charge is 0.395 e. The number of sulfone groups is 5. The highest BCUT2D eigenvalue weighted by atomic mass is 79.9. The Morgan fingerprint density at radius 2 is 0.722 bits per heavy atom. The van der Waals surface area contributed by atoms with Gasteiger partial charge in [-0.05, 0) is 160 Å². The summed E-state index contributed by atoms with van der Waals surface area (Å²) in [4.78, 5) is 0. The van der Waals surface area contributed by atoms with E-state index in [1.807, 2.05) is 74.5 Å². The van der Waals surface area contributed by atoms with Gasteiger partial charge in [0.2, 0.25) is 0 Å². The normalized spacial score (nSPS) is 25.8. The van der Waals surface area contributed by atoms with E-state index >= 15 is 0 Å². The van der Waals surface area contributed by atoms with Crippen molar-refractivity contribution in [2.45, 2.75) is 211 Å². The summed E-state index contributed by atoms with van der Waals surface area (Å²) in [6, 6.07) is 19.8. The van der Waals surface area contributed by atoms with Crippen molar-refractivity contribution in [2.75, 3.05) is 31.8 Å². The average molecular weight is 1170 g/mol. The minimum Gasteiger partial charge on any atom is -0.395 e. The Morgan fingerprint density at radius 1 is 0.431 bits per heavy atom. The molecule has 2 aromatic carbocycles. The van der Waals surface area contributed by atoms with Crippen LogP contribution in [0.2, 0.25) is 0 Å². The Bertz CT molecular complexity index is 2750. The highest BCUT2D eigenvalue weighted by Gasteiger charge is 2.67.